The first-order valence-corrected chi connectivity index (χ1v) is 9.27. The molecular weight excluding hydrogens is 398 g/mol. The van der Waals surface area contributed by atoms with Crippen molar-refractivity contribution in [1.82, 2.24) is 4.90 Å². The molecule has 0 aromatic rings. The largest absolute Gasteiger partial charge is 0.463 e. The number of carbonyl (C=O) groups is 4. The van der Waals surface area contributed by atoms with E-state index in [1.165, 1.54) is 26.8 Å². The molecule has 10 heteroatoms. The van der Waals surface area contributed by atoms with E-state index >= 15 is 0 Å². The summed E-state index contributed by atoms with van der Waals surface area (Å²) in [6, 6.07) is 0. The number of allylic oxidation sites excluding steroid dienone is 2. The van der Waals surface area contributed by atoms with Crippen molar-refractivity contribution < 1.29 is 42.9 Å². The van der Waals surface area contributed by atoms with Gasteiger partial charge in [0.2, 0.25) is 0 Å². The highest BCUT2D eigenvalue weighted by atomic mass is 16.7. The Hall–Kier alpha value is -3.14. The fourth-order valence-electron chi connectivity index (χ4n) is 3.07. The zero-order chi connectivity index (χ0) is 22.3. The molecule has 0 radical (unpaired) electrons. The average Bonchev–Trinajstić information content (AvgIpc) is 3.00. The van der Waals surface area contributed by atoms with Crippen LogP contribution < -0.4 is 0 Å². The van der Waals surface area contributed by atoms with Gasteiger partial charge in [-0.25, -0.2) is 4.79 Å². The van der Waals surface area contributed by atoms with E-state index in [9.17, 15) is 19.2 Å². The summed E-state index contributed by atoms with van der Waals surface area (Å²) in [5, 5.41) is 0. The van der Waals surface area contributed by atoms with Crippen LogP contribution in [0.4, 0.5) is 0 Å². The Morgan fingerprint density at radius 2 is 1.77 bits per heavy atom. The van der Waals surface area contributed by atoms with Gasteiger partial charge < -0.3 is 28.6 Å². The van der Waals surface area contributed by atoms with E-state index in [0.29, 0.717) is 5.57 Å². The van der Waals surface area contributed by atoms with Gasteiger partial charge in [-0.05, 0) is 12.2 Å². The lowest BCUT2D eigenvalue weighted by molar-refractivity contribution is -0.167. The number of hydrogen-bond acceptors (Lipinski definition) is 10. The summed E-state index contributed by atoms with van der Waals surface area (Å²) in [5.74, 6) is -2.29. The number of nitrogens with zero attached hydrogens (tertiary/aromatic N) is 1. The van der Waals surface area contributed by atoms with Crippen LogP contribution in [-0.2, 0) is 42.9 Å². The summed E-state index contributed by atoms with van der Waals surface area (Å²) in [7, 11) is 0. The van der Waals surface area contributed by atoms with Gasteiger partial charge in [-0.15, -0.1) is 0 Å². The molecule has 0 saturated carbocycles. The third kappa shape index (κ3) is 6.18. The Labute approximate surface area is 174 Å². The molecule has 0 spiro atoms. The first-order chi connectivity index (χ1) is 14.2. The first-order valence-electron chi connectivity index (χ1n) is 9.27. The Morgan fingerprint density at radius 3 is 2.37 bits per heavy atom. The Kier molecular flexibility index (Phi) is 8.16. The highest BCUT2D eigenvalue weighted by Crippen LogP contribution is 2.31. The molecule has 4 atom stereocenters. The second-order valence-corrected chi connectivity index (χ2v) is 6.61. The number of hydrogen-bond donors (Lipinski definition) is 0. The van der Waals surface area contributed by atoms with E-state index in [1.54, 1.807) is 23.3 Å². The summed E-state index contributed by atoms with van der Waals surface area (Å²) in [4.78, 5) is 48.3. The van der Waals surface area contributed by atoms with Gasteiger partial charge in [0.05, 0.1) is 12.1 Å². The van der Waals surface area contributed by atoms with Crippen LogP contribution in [-0.4, -0.2) is 73.1 Å². The number of carbonyl (C=O) groups excluding carboxylic acids is 4. The minimum absolute atomic E-state index is 0.0644. The fourth-order valence-corrected chi connectivity index (χ4v) is 3.07. The summed E-state index contributed by atoms with van der Waals surface area (Å²) in [6.07, 6.45) is 2.51. The van der Waals surface area contributed by atoms with Crippen LogP contribution in [0, 0.1) is 0 Å². The minimum atomic E-state index is -1.01. The molecule has 4 unspecified atom stereocenters. The molecule has 1 fully saturated rings. The van der Waals surface area contributed by atoms with E-state index in [0.717, 1.165) is 0 Å². The third-order valence-corrected chi connectivity index (χ3v) is 4.19. The number of rotatable bonds is 8. The molecule has 0 N–H and O–H groups in total. The molecule has 2 heterocycles. The van der Waals surface area contributed by atoms with Crippen molar-refractivity contribution in [2.24, 2.45) is 0 Å². The molecule has 1 saturated heterocycles. The molecule has 2 aliphatic heterocycles. The highest BCUT2D eigenvalue weighted by Gasteiger charge is 2.51. The predicted molar refractivity (Wildman–Crippen MR) is 101 cm³/mol. The monoisotopic (exact) mass is 423 g/mol. The third-order valence-electron chi connectivity index (χ3n) is 4.19. The second kappa shape index (κ2) is 10.6. The topological polar surface area (TPSA) is 118 Å². The smallest absolute Gasteiger partial charge is 0.336 e. The molecule has 2 aliphatic rings. The van der Waals surface area contributed by atoms with Gasteiger partial charge in [-0.2, -0.15) is 0 Å². The van der Waals surface area contributed by atoms with E-state index in [1.807, 2.05) is 0 Å². The van der Waals surface area contributed by atoms with Crippen LogP contribution in [0.1, 0.15) is 20.8 Å². The molecule has 164 valence electrons. The molecule has 10 nitrogen and oxygen atoms in total. The van der Waals surface area contributed by atoms with Gasteiger partial charge in [0.15, 0.2) is 18.4 Å². The number of ether oxygens (including phenoxy) is 5. The average molecular weight is 423 g/mol. The normalized spacial score (nSPS) is 25.2. The Balaban J connectivity index is 2.23. The van der Waals surface area contributed by atoms with Gasteiger partial charge >= 0.3 is 23.9 Å². The van der Waals surface area contributed by atoms with E-state index in [-0.39, 0.29) is 19.8 Å². The Bertz CT molecular complexity index is 757. The van der Waals surface area contributed by atoms with Crippen LogP contribution in [0.2, 0.25) is 0 Å². The fraction of sp³-hybridized carbons (Fsp3) is 0.500. The summed E-state index contributed by atoms with van der Waals surface area (Å²) in [5.41, 5.74) is 0.344. The van der Waals surface area contributed by atoms with Crippen LogP contribution in [0.25, 0.3) is 0 Å². The van der Waals surface area contributed by atoms with E-state index in [4.69, 9.17) is 23.7 Å². The molecule has 2 rings (SSSR count). The maximum absolute atomic E-state index is 12.2. The Morgan fingerprint density at radius 1 is 1.10 bits per heavy atom. The maximum Gasteiger partial charge on any atom is 0.336 e. The van der Waals surface area contributed by atoms with Gasteiger partial charge in [0, 0.05) is 27.0 Å². The highest BCUT2D eigenvalue weighted by molar-refractivity contribution is 5.89. The zero-order valence-electron chi connectivity index (χ0n) is 17.1. The lowest BCUT2D eigenvalue weighted by Gasteiger charge is -2.32. The molecule has 0 amide bonds. The molecular formula is C20H25NO9. The van der Waals surface area contributed by atoms with Crippen molar-refractivity contribution in [2.75, 3.05) is 19.8 Å². The maximum atomic E-state index is 12.2. The van der Waals surface area contributed by atoms with Crippen molar-refractivity contribution in [1.29, 1.82) is 0 Å². The van der Waals surface area contributed by atoms with Crippen LogP contribution in [0.5, 0.6) is 0 Å². The van der Waals surface area contributed by atoms with E-state index in [2.05, 4.69) is 6.58 Å². The van der Waals surface area contributed by atoms with Crippen molar-refractivity contribution in [3.05, 3.63) is 36.6 Å². The van der Waals surface area contributed by atoms with Crippen molar-refractivity contribution >= 4 is 23.9 Å². The predicted octanol–water partition coefficient (Wildman–Crippen LogP) is 0.623. The van der Waals surface area contributed by atoms with Crippen LogP contribution in [0.15, 0.2) is 36.6 Å². The molecule has 0 aromatic carbocycles. The summed E-state index contributed by atoms with van der Waals surface area (Å²) in [6.45, 7) is 7.11. The molecule has 30 heavy (non-hydrogen) atoms. The van der Waals surface area contributed by atoms with Gasteiger partial charge in [0.1, 0.15) is 19.3 Å². The summed E-state index contributed by atoms with van der Waals surface area (Å²) >= 11 is 0. The van der Waals surface area contributed by atoms with Crippen LogP contribution in [0.3, 0.4) is 0 Å². The van der Waals surface area contributed by atoms with Crippen molar-refractivity contribution in [3.63, 3.8) is 0 Å². The zero-order valence-corrected chi connectivity index (χ0v) is 17.1. The number of esters is 4. The van der Waals surface area contributed by atoms with Crippen molar-refractivity contribution in [3.8, 4) is 0 Å². The first kappa shape index (κ1) is 23.1. The molecule has 0 bridgehead atoms. The van der Waals surface area contributed by atoms with Gasteiger partial charge in [-0.1, -0.05) is 12.7 Å². The molecule has 0 aromatic heterocycles. The lowest BCUT2D eigenvalue weighted by atomic mass is 10.1. The minimum Gasteiger partial charge on any atom is -0.463 e. The van der Waals surface area contributed by atoms with Gasteiger partial charge in [-0.3, -0.25) is 14.4 Å². The SMILES string of the molecule is C=CCOC(=O)C1=CC=CN(C2OC(COC(C)=O)C(OC(C)=O)C2OC(C)=O)C1. The van der Waals surface area contributed by atoms with Gasteiger partial charge in [0.25, 0.3) is 0 Å². The molecule has 0 aliphatic carbocycles. The lowest BCUT2D eigenvalue weighted by Crippen LogP contribution is -2.47. The quantitative estimate of drug-likeness (QED) is 0.312. The van der Waals surface area contributed by atoms with Crippen molar-refractivity contribution in [2.45, 2.75) is 45.3 Å². The van der Waals surface area contributed by atoms with Crippen LogP contribution >= 0.6 is 0 Å². The standard InChI is InChI=1S/C20H25NO9/c1-5-9-26-20(25)15-7-6-8-21(10-15)19-18(29-14(4)24)17(28-13(3)23)16(30-19)11-27-12(2)22/h5-8,16-19H,1,9-11H2,2-4H3. The summed E-state index contributed by atoms with van der Waals surface area (Å²) < 4.78 is 26.7. The van der Waals surface area contributed by atoms with E-state index < -0.39 is 48.4 Å². The second-order valence-electron chi connectivity index (χ2n) is 6.61.